The number of nitrogens with one attached hydrogen (secondary N) is 4. The number of β-amino-alcohol motifs (C(OH)–C–C–N with tert-alkyl or cyclic N) is 1. The third-order valence-electron chi connectivity index (χ3n) is 6.05. The summed E-state index contributed by atoms with van der Waals surface area (Å²) in [6, 6.07) is -3.23. The van der Waals surface area contributed by atoms with Gasteiger partial charge in [-0.25, -0.2) is 9.79 Å². The summed E-state index contributed by atoms with van der Waals surface area (Å²) in [7, 11) is 0. The molecule has 6 unspecified atom stereocenters. The topological polar surface area (TPSA) is 269 Å². The van der Waals surface area contributed by atoms with Gasteiger partial charge in [0.05, 0.1) is 12.1 Å². The Morgan fingerprint density at radius 3 is 2.69 bits per heavy atom. The molecule has 3 heterocycles. The summed E-state index contributed by atoms with van der Waals surface area (Å²) in [5.41, 5.74) is 16.4. The van der Waals surface area contributed by atoms with Crippen LogP contribution in [0, 0.1) is 0 Å². The van der Waals surface area contributed by atoms with Gasteiger partial charge in [-0.2, -0.15) is 0 Å². The van der Waals surface area contributed by atoms with Gasteiger partial charge in [-0.3, -0.25) is 9.59 Å². The molecule has 0 radical (unpaired) electrons. The molecule has 0 saturated carbocycles. The molecule has 0 aliphatic carbocycles. The molecule has 3 aliphatic heterocycles. The Labute approximate surface area is 200 Å². The Morgan fingerprint density at radius 2 is 2.03 bits per heavy atom. The highest BCUT2D eigenvalue weighted by Gasteiger charge is 2.48. The van der Waals surface area contributed by atoms with Crippen molar-refractivity contribution in [1.29, 1.82) is 0 Å². The average Bonchev–Trinajstić information content (AvgIpc) is 3.24. The Balaban J connectivity index is 1.73. The Bertz CT molecular complexity index is 816. The second-order valence-electron chi connectivity index (χ2n) is 8.74. The first-order valence-corrected chi connectivity index (χ1v) is 11.4. The summed E-state index contributed by atoms with van der Waals surface area (Å²) in [6.45, 7) is 0.0141. The molecule has 35 heavy (non-hydrogen) atoms. The van der Waals surface area contributed by atoms with Crippen molar-refractivity contribution < 1.29 is 39.2 Å². The number of hydrogen-bond donors (Lipinski definition) is 10. The van der Waals surface area contributed by atoms with E-state index in [1.807, 2.05) is 0 Å². The van der Waals surface area contributed by atoms with E-state index in [-0.39, 0.29) is 24.8 Å². The molecule has 16 nitrogen and oxygen atoms in total. The molecule has 3 amide bonds. The van der Waals surface area contributed by atoms with Gasteiger partial charge in [0.2, 0.25) is 11.8 Å². The molecular weight excluding hydrogens is 468 g/mol. The molecule has 198 valence electrons. The second-order valence-corrected chi connectivity index (χ2v) is 8.74. The molecule has 0 aromatic rings. The maximum atomic E-state index is 12.6. The largest absolute Gasteiger partial charge is 0.447 e. The zero-order valence-electron chi connectivity index (χ0n) is 19.0. The van der Waals surface area contributed by atoms with Gasteiger partial charge in [-0.1, -0.05) is 0 Å². The van der Waals surface area contributed by atoms with Gasteiger partial charge in [0, 0.05) is 19.0 Å². The molecule has 16 heteroatoms. The summed E-state index contributed by atoms with van der Waals surface area (Å²) in [4.78, 5) is 39.9. The van der Waals surface area contributed by atoms with Gasteiger partial charge in [-0.05, 0) is 19.4 Å². The average molecular weight is 503 g/mol. The van der Waals surface area contributed by atoms with E-state index in [1.165, 1.54) is 0 Å². The van der Waals surface area contributed by atoms with E-state index in [1.54, 1.807) is 0 Å². The highest BCUT2D eigenvalue weighted by Crippen LogP contribution is 2.22. The van der Waals surface area contributed by atoms with Crippen LogP contribution in [-0.4, -0.2) is 114 Å². The van der Waals surface area contributed by atoms with Crippen LogP contribution in [0.15, 0.2) is 4.99 Å². The molecular formula is C19H34N8O8. The number of aliphatic hydroxyl groups excluding tert-OH is 3. The molecule has 2 saturated heterocycles. The molecule has 0 aromatic heterocycles. The molecule has 3 rings (SSSR count). The zero-order chi connectivity index (χ0) is 25.7. The van der Waals surface area contributed by atoms with E-state index >= 15 is 0 Å². The lowest BCUT2D eigenvalue weighted by Crippen LogP contribution is -2.69. The number of piperidine rings is 1. The summed E-state index contributed by atoms with van der Waals surface area (Å²) in [5, 5.41) is 42.3. The first-order valence-electron chi connectivity index (χ1n) is 11.4. The monoisotopic (exact) mass is 502 g/mol. The minimum atomic E-state index is -1.55. The van der Waals surface area contributed by atoms with Gasteiger partial charge in [0.25, 0.3) is 0 Å². The maximum absolute atomic E-state index is 12.6. The minimum absolute atomic E-state index is 0.0518. The number of carbonyl (C=O) groups is 3. The molecule has 2 fully saturated rings. The number of fused-ring (bicyclic) bond motifs is 1. The van der Waals surface area contributed by atoms with E-state index in [4.69, 9.17) is 26.7 Å². The predicted molar refractivity (Wildman–Crippen MR) is 119 cm³/mol. The number of aliphatic hydroxyl groups is 3. The van der Waals surface area contributed by atoms with Crippen molar-refractivity contribution in [3.05, 3.63) is 0 Å². The predicted octanol–water partition coefficient (Wildman–Crippen LogP) is -5.75. The summed E-state index contributed by atoms with van der Waals surface area (Å²) in [5.74, 6) is -0.815. The van der Waals surface area contributed by atoms with Crippen molar-refractivity contribution >= 4 is 23.9 Å². The lowest BCUT2D eigenvalue weighted by Gasteiger charge is -2.43. The number of hydrogen-bond acceptors (Lipinski definition) is 13. The van der Waals surface area contributed by atoms with E-state index in [9.17, 15) is 29.7 Å². The number of ether oxygens (including phenoxy) is 2. The van der Waals surface area contributed by atoms with E-state index in [2.05, 4.69) is 26.3 Å². The van der Waals surface area contributed by atoms with E-state index in [0.717, 1.165) is 0 Å². The second kappa shape index (κ2) is 11.8. The number of aliphatic imine (C=N–C) groups is 1. The fourth-order valence-corrected chi connectivity index (χ4v) is 4.19. The fraction of sp³-hybridized carbons (Fsp3) is 0.789. The standard InChI is InChI=1S/C19H34N8O8/c20-3-1-2-7(21)4-10(29)24-13-15(31)14(30)9(6-34-18(22)33)35-17(13)27-19-25-11-8(28)5-23-16(32)12(11)26-19/h7-9,11-15,17,28,30-31H,1-6,20-21H2,(H2,22,33)(H,23,32)(H,24,29)(H2,25,26,27)/t7?,8-,9?,11-,12+,13?,14?,15?,17?/m1/s1. The number of rotatable bonds is 9. The van der Waals surface area contributed by atoms with Crippen molar-refractivity contribution in [2.75, 3.05) is 19.7 Å². The van der Waals surface area contributed by atoms with Crippen LogP contribution in [0.1, 0.15) is 19.3 Å². The highest BCUT2D eigenvalue weighted by atomic mass is 16.6. The van der Waals surface area contributed by atoms with E-state index < -0.39 is 73.4 Å². The van der Waals surface area contributed by atoms with Crippen molar-refractivity contribution in [2.45, 2.75) is 74.1 Å². The van der Waals surface area contributed by atoms with Crippen LogP contribution in [0.3, 0.4) is 0 Å². The first-order chi connectivity index (χ1) is 16.6. The molecule has 0 spiro atoms. The zero-order valence-corrected chi connectivity index (χ0v) is 19.0. The molecule has 9 atom stereocenters. The molecule has 0 aromatic carbocycles. The van der Waals surface area contributed by atoms with Crippen molar-refractivity contribution in [1.82, 2.24) is 21.3 Å². The fourth-order valence-electron chi connectivity index (χ4n) is 4.19. The Morgan fingerprint density at radius 1 is 1.29 bits per heavy atom. The SMILES string of the molecule is NCCCC(N)CC(=O)NC1C(NC2=N[C@@H]3C(=O)NC[C@@H](O)[C@H]3N2)OC(COC(N)=O)C(O)C1O. The van der Waals surface area contributed by atoms with Crippen molar-refractivity contribution in [2.24, 2.45) is 22.2 Å². The van der Waals surface area contributed by atoms with Crippen LogP contribution < -0.4 is 38.5 Å². The Hall–Kier alpha value is -2.76. The number of guanidine groups is 1. The van der Waals surface area contributed by atoms with E-state index in [0.29, 0.717) is 19.4 Å². The van der Waals surface area contributed by atoms with Crippen LogP contribution in [0.25, 0.3) is 0 Å². The first kappa shape index (κ1) is 26.8. The quantitative estimate of drug-likeness (QED) is 0.141. The lowest BCUT2D eigenvalue weighted by atomic mass is 9.95. The molecule has 3 aliphatic rings. The third-order valence-corrected chi connectivity index (χ3v) is 6.05. The highest BCUT2D eigenvalue weighted by molar-refractivity contribution is 5.92. The number of primary amides is 1. The maximum Gasteiger partial charge on any atom is 0.404 e. The molecule has 0 bridgehead atoms. The van der Waals surface area contributed by atoms with Crippen LogP contribution in [-0.2, 0) is 19.1 Å². The van der Waals surface area contributed by atoms with Gasteiger partial charge in [0.15, 0.2) is 18.2 Å². The molecule has 13 N–H and O–H groups in total. The van der Waals surface area contributed by atoms with Crippen molar-refractivity contribution in [3.63, 3.8) is 0 Å². The van der Waals surface area contributed by atoms with Gasteiger partial charge >= 0.3 is 6.09 Å². The van der Waals surface area contributed by atoms with Crippen LogP contribution >= 0.6 is 0 Å². The smallest absolute Gasteiger partial charge is 0.404 e. The normalized spacial score (nSPS) is 35.1. The number of carbonyl (C=O) groups excluding carboxylic acids is 3. The third kappa shape index (κ3) is 6.68. The van der Waals surface area contributed by atoms with Crippen LogP contribution in [0.2, 0.25) is 0 Å². The van der Waals surface area contributed by atoms with Gasteiger partial charge in [0.1, 0.15) is 31.0 Å². The number of nitrogens with zero attached hydrogens (tertiary/aromatic N) is 1. The number of amides is 3. The summed E-state index contributed by atoms with van der Waals surface area (Å²) in [6.07, 6.45) is -6.38. The van der Waals surface area contributed by atoms with Crippen LogP contribution in [0.5, 0.6) is 0 Å². The van der Waals surface area contributed by atoms with Crippen molar-refractivity contribution in [3.8, 4) is 0 Å². The summed E-state index contributed by atoms with van der Waals surface area (Å²) >= 11 is 0. The Kier molecular flexibility index (Phi) is 9.03. The number of nitrogens with two attached hydrogens (primary N) is 3. The van der Waals surface area contributed by atoms with Crippen LogP contribution in [0.4, 0.5) is 4.79 Å². The van der Waals surface area contributed by atoms with Gasteiger partial charge in [-0.15, -0.1) is 0 Å². The minimum Gasteiger partial charge on any atom is -0.447 e. The lowest BCUT2D eigenvalue weighted by molar-refractivity contribution is -0.198. The van der Waals surface area contributed by atoms with Gasteiger partial charge < -0.3 is 63.3 Å². The summed E-state index contributed by atoms with van der Waals surface area (Å²) < 4.78 is 10.5.